The van der Waals surface area contributed by atoms with Gasteiger partial charge in [0, 0.05) is 25.6 Å². The van der Waals surface area contributed by atoms with Gasteiger partial charge >= 0.3 is 5.97 Å². The minimum Gasteiger partial charge on any atom is -0.481 e. The van der Waals surface area contributed by atoms with Crippen LogP contribution in [0, 0.1) is 5.92 Å². The van der Waals surface area contributed by atoms with Gasteiger partial charge in [0.15, 0.2) is 0 Å². The molecule has 1 unspecified atom stereocenters. The van der Waals surface area contributed by atoms with E-state index in [1.807, 2.05) is 13.8 Å². The maximum atomic E-state index is 11.6. The fourth-order valence-electron chi connectivity index (χ4n) is 2.55. The molecule has 0 saturated heterocycles. The highest BCUT2D eigenvalue weighted by molar-refractivity contribution is 5.76. The van der Waals surface area contributed by atoms with E-state index in [1.165, 1.54) is 0 Å². The molecular weight excluding hydrogens is 272 g/mol. The molecule has 1 saturated carbocycles. The van der Waals surface area contributed by atoms with E-state index < -0.39 is 11.6 Å². The van der Waals surface area contributed by atoms with E-state index in [0.717, 1.165) is 6.42 Å². The van der Waals surface area contributed by atoms with Crippen LogP contribution in [0.3, 0.4) is 0 Å². The number of carbonyl (C=O) groups excluding carboxylic acids is 1. The van der Waals surface area contributed by atoms with Gasteiger partial charge in [-0.2, -0.15) is 0 Å². The molecule has 0 radical (unpaired) electrons. The molecule has 0 spiro atoms. The normalized spacial score (nSPS) is 27.1. The third-order valence-corrected chi connectivity index (χ3v) is 4.27. The van der Waals surface area contributed by atoms with Gasteiger partial charge in [0.1, 0.15) is 0 Å². The maximum Gasteiger partial charge on any atom is 0.306 e. The average Bonchev–Trinajstić information content (AvgIpc) is 2.44. The molecule has 1 atom stereocenters. The monoisotopic (exact) mass is 300 g/mol. The lowest BCUT2D eigenvalue weighted by Gasteiger charge is -2.34. The molecule has 1 rings (SSSR count). The molecule has 1 aliphatic carbocycles. The molecule has 0 heterocycles. The quantitative estimate of drug-likeness (QED) is 0.499. The number of hydrogen-bond donors (Lipinski definition) is 4. The molecule has 1 aliphatic rings. The summed E-state index contributed by atoms with van der Waals surface area (Å²) in [7, 11) is 0. The predicted octanol–water partition coefficient (Wildman–Crippen LogP) is 0.887. The zero-order chi connectivity index (χ0) is 15.9. The molecule has 122 valence electrons. The predicted molar refractivity (Wildman–Crippen MR) is 79.9 cm³/mol. The van der Waals surface area contributed by atoms with Gasteiger partial charge in [-0.05, 0) is 39.0 Å². The summed E-state index contributed by atoms with van der Waals surface area (Å²) in [4.78, 5) is 22.5. The highest BCUT2D eigenvalue weighted by Crippen LogP contribution is 2.31. The van der Waals surface area contributed by atoms with Gasteiger partial charge in [0.2, 0.25) is 5.91 Å². The standard InChI is InChI=1S/C15H28N2O4/c1-3-11(2)17-13(18)6-9-16-10-15(21)7-4-12(5-8-15)14(19)20/h11-12,16,21H,3-10H2,1-2H3,(H,17,18)(H,19,20). The van der Waals surface area contributed by atoms with Crippen LogP contribution < -0.4 is 10.6 Å². The first kappa shape index (κ1) is 17.9. The highest BCUT2D eigenvalue weighted by Gasteiger charge is 2.35. The molecule has 6 nitrogen and oxygen atoms in total. The van der Waals surface area contributed by atoms with Crippen LogP contribution in [0.4, 0.5) is 0 Å². The van der Waals surface area contributed by atoms with Gasteiger partial charge in [-0.1, -0.05) is 6.92 Å². The summed E-state index contributed by atoms with van der Waals surface area (Å²) in [5.74, 6) is -1.09. The highest BCUT2D eigenvalue weighted by atomic mass is 16.4. The Bertz CT molecular complexity index is 352. The zero-order valence-electron chi connectivity index (χ0n) is 13.0. The van der Waals surface area contributed by atoms with Crippen LogP contribution in [0.15, 0.2) is 0 Å². The van der Waals surface area contributed by atoms with E-state index in [4.69, 9.17) is 5.11 Å². The van der Waals surface area contributed by atoms with Crippen LogP contribution >= 0.6 is 0 Å². The Morgan fingerprint density at radius 3 is 2.48 bits per heavy atom. The number of aliphatic hydroxyl groups is 1. The number of aliphatic carboxylic acids is 1. The number of carboxylic acid groups (broad SMARTS) is 1. The Labute approximate surface area is 126 Å². The molecule has 6 heteroatoms. The third-order valence-electron chi connectivity index (χ3n) is 4.27. The largest absolute Gasteiger partial charge is 0.481 e. The minimum absolute atomic E-state index is 0.0124. The molecule has 0 aliphatic heterocycles. The van der Waals surface area contributed by atoms with Crippen molar-refractivity contribution in [2.45, 2.75) is 64.0 Å². The van der Waals surface area contributed by atoms with Gasteiger partial charge in [0.05, 0.1) is 11.5 Å². The van der Waals surface area contributed by atoms with Crippen molar-refractivity contribution < 1.29 is 19.8 Å². The second-order valence-corrected chi connectivity index (χ2v) is 6.14. The number of hydrogen-bond acceptors (Lipinski definition) is 4. The lowest BCUT2D eigenvalue weighted by Crippen LogP contribution is -2.45. The summed E-state index contributed by atoms with van der Waals surface area (Å²) in [6.45, 7) is 4.92. The summed E-state index contributed by atoms with van der Waals surface area (Å²) in [5.41, 5.74) is -0.834. The molecule has 0 aromatic carbocycles. The van der Waals surface area contributed by atoms with Crippen molar-refractivity contribution in [3.8, 4) is 0 Å². The first-order valence-corrected chi connectivity index (χ1v) is 7.81. The van der Waals surface area contributed by atoms with Crippen LogP contribution in [0.5, 0.6) is 0 Å². The van der Waals surface area contributed by atoms with E-state index in [2.05, 4.69) is 10.6 Å². The van der Waals surface area contributed by atoms with E-state index in [1.54, 1.807) is 0 Å². The minimum atomic E-state index is -0.834. The molecular formula is C15H28N2O4. The lowest BCUT2D eigenvalue weighted by atomic mass is 9.79. The van der Waals surface area contributed by atoms with Crippen LogP contribution in [0.25, 0.3) is 0 Å². The molecule has 1 fully saturated rings. The van der Waals surface area contributed by atoms with Crippen LogP contribution in [0.2, 0.25) is 0 Å². The fourth-order valence-corrected chi connectivity index (χ4v) is 2.55. The summed E-state index contributed by atoms with van der Waals surface area (Å²) < 4.78 is 0. The zero-order valence-corrected chi connectivity index (χ0v) is 13.0. The Balaban J connectivity index is 2.18. The summed E-state index contributed by atoms with van der Waals surface area (Å²) in [5, 5.41) is 25.3. The molecule has 1 amide bonds. The summed E-state index contributed by atoms with van der Waals surface area (Å²) >= 11 is 0. The smallest absolute Gasteiger partial charge is 0.306 e. The lowest BCUT2D eigenvalue weighted by molar-refractivity contribution is -0.144. The Morgan fingerprint density at radius 1 is 1.33 bits per heavy atom. The van der Waals surface area contributed by atoms with Crippen molar-refractivity contribution in [3.05, 3.63) is 0 Å². The SMILES string of the molecule is CCC(C)NC(=O)CCNCC1(O)CCC(C(=O)O)CC1. The molecule has 21 heavy (non-hydrogen) atoms. The van der Waals surface area contributed by atoms with E-state index in [0.29, 0.717) is 45.2 Å². The van der Waals surface area contributed by atoms with Gasteiger partial charge < -0.3 is 20.8 Å². The second-order valence-electron chi connectivity index (χ2n) is 6.14. The van der Waals surface area contributed by atoms with Crippen molar-refractivity contribution in [1.82, 2.24) is 10.6 Å². The number of carbonyl (C=O) groups is 2. The van der Waals surface area contributed by atoms with E-state index in [9.17, 15) is 14.7 Å². The van der Waals surface area contributed by atoms with Gasteiger partial charge in [-0.15, -0.1) is 0 Å². The van der Waals surface area contributed by atoms with Crippen molar-refractivity contribution in [1.29, 1.82) is 0 Å². The molecule has 0 aromatic heterocycles. The van der Waals surface area contributed by atoms with Crippen molar-refractivity contribution >= 4 is 11.9 Å². The second kappa shape index (κ2) is 8.34. The van der Waals surface area contributed by atoms with Crippen LogP contribution in [-0.2, 0) is 9.59 Å². The third kappa shape index (κ3) is 6.44. The topological polar surface area (TPSA) is 98.7 Å². The number of nitrogens with one attached hydrogen (secondary N) is 2. The van der Waals surface area contributed by atoms with Crippen molar-refractivity contribution in [3.63, 3.8) is 0 Å². The van der Waals surface area contributed by atoms with E-state index >= 15 is 0 Å². The molecule has 0 bridgehead atoms. The molecule has 4 N–H and O–H groups in total. The number of rotatable bonds is 8. The summed E-state index contributed by atoms with van der Waals surface area (Å²) in [6.07, 6.45) is 3.32. The first-order valence-electron chi connectivity index (χ1n) is 7.81. The average molecular weight is 300 g/mol. The van der Waals surface area contributed by atoms with Gasteiger partial charge in [0.25, 0.3) is 0 Å². The maximum absolute atomic E-state index is 11.6. The Morgan fingerprint density at radius 2 is 1.95 bits per heavy atom. The summed E-state index contributed by atoms with van der Waals surface area (Å²) in [6, 6.07) is 0.188. The number of amides is 1. The molecule has 0 aromatic rings. The van der Waals surface area contributed by atoms with Gasteiger partial charge in [-0.25, -0.2) is 0 Å². The van der Waals surface area contributed by atoms with Gasteiger partial charge in [-0.3, -0.25) is 9.59 Å². The van der Waals surface area contributed by atoms with Crippen molar-refractivity contribution in [2.24, 2.45) is 5.92 Å². The van der Waals surface area contributed by atoms with Crippen LogP contribution in [0.1, 0.15) is 52.4 Å². The Hall–Kier alpha value is -1.14. The first-order chi connectivity index (χ1) is 9.86. The Kier molecular flexibility index (Phi) is 7.11. The fraction of sp³-hybridized carbons (Fsp3) is 0.867. The van der Waals surface area contributed by atoms with Crippen molar-refractivity contribution in [2.75, 3.05) is 13.1 Å². The number of carboxylic acids is 1. The van der Waals surface area contributed by atoms with E-state index in [-0.39, 0.29) is 17.9 Å². The van der Waals surface area contributed by atoms with Crippen LogP contribution in [-0.4, -0.2) is 46.8 Å².